The van der Waals surface area contributed by atoms with Gasteiger partial charge < -0.3 is 9.73 Å². The van der Waals surface area contributed by atoms with Gasteiger partial charge in [-0.1, -0.05) is 34.1 Å². The van der Waals surface area contributed by atoms with E-state index in [-0.39, 0.29) is 0 Å². The van der Waals surface area contributed by atoms with Gasteiger partial charge in [0.2, 0.25) is 0 Å². The van der Waals surface area contributed by atoms with Crippen LogP contribution in [0.3, 0.4) is 0 Å². The smallest absolute Gasteiger partial charge is 0.120 e. The van der Waals surface area contributed by atoms with Gasteiger partial charge >= 0.3 is 0 Å². The van der Waals surface area contributed by atoms with Gasteiger partial charge in [0, 0.05) is 10.5 Å². The third-order valence-corrected chi connectivity index (χ3v) is 4.66. The topological polar surface area (TPSA) is 25.2 Å². The summed E-state index contributed by atoms with van der Waals surface area (Å²) in [6.45, 7) is 2.16. The van der Waals surface area contributed by atoms with E-state index in [1.54, 1.807) is 6.26 Å². The molecule has 0 spiro atoms. The van der Waals surface area contributed by atoms with E-state index in [1.165, 1.54) is 22.9 Å². The Bertz CT molecular complexity index is 531. The maximum Gasteiger partial charge on any atom is 0.120 e. The fraction of sp³-hybridized carbons (Fsp3) is 0.375. The lowest BCUT2D eigenvalue weighted by molar-refractivity contribution is 0.258. The minimum absolute atomic E-state index is 0.292. The standard InChI is InChI=1S/C16H18BrNO/c1-11(16-7-4-8-19-16)18-13-9-12(10-13)14-5-2-3-6-15(14)17/h2-8,11-13,18H,9-10H2,1H3/t11-,12?,13?/m0/s1. The average molecular weight is 320 g/mol. The molecule has 1 fully saturated rings. The first-order chi connectivity index (χ1) is 9.24. The second kappa shape index (κ2) is 5.51. The van der Waals surface area contributed by atoms with E-state index in [2.05, 4.69) is 52.4 Å². The first-order valence-corrected chi connectivity index (χ1v) is 7.57. The van der Waals surface area contributed by atoms with Crippen molar-refractivity contribution < 1.29 is 4.42 Å². The van der Waals surface area contributed by atoms with Crippen molar-refractivity contribution in [1.82, 2.24) is 5.32 Å². The van der Waals surface area contributed by atoms with Gasteiger partial charge in [-0.15, -0.1) is 0 Å². The Labute approximate surface area is 122 Å². The fourth-order valence-corrected chi connectivity index (χ4v) is 3.40. The molecule has 0 saturated heterocycles. The summed E-state index contributed by atoms with van der Waals surface area (Å²) < 4.78 is 6.66. The van der Waals surface area contributed by atoms with Crippen molar-refractivity contribution in [3.63, 3.8) is 0 Å². The zero-order valence-electron chi connectivity index (χ0n) is 11.0. The van der Waals surface area contributed by atoms with E-state index in [0.717, 1.165) is 5.76 Å². The van der Waals surface area contributed by atoms with Crippen molar-refractivity contribution in [2.45, 2.75) is 37.8 Å². The summed E-state index contributed by atoms with van der Waals surface area (Å²) in [5.74, 6) is 1.70. The van der Waals surface area contributed by atoms with Gasteiger partial charge in [-0.25, -0.2) is 0 Å². The molecule has 2 aromatic rings. The minimum atomic E-state index is 0.292. The van der Waals surface area contributed by atoms with Crippen molar-refractivity contribution in [3.05, 3.63) is 58.5 Å². The summed E-state index contributed by atoms with van der Waals surface area (Å²) in [7, 11) is 0. The molecular formula is C16H18BrNO. The van der Waals surface area contributed by atoms with E-state index in [0.29, 0.717) is 18.0 Å². The molecule has 1 atom stereocenters. The minimum Gasteiger partial charge on any atom is -0.468 e. The van der Waals surface area contributed by atoms with Crippen LogP contribution in [0.25, 0.3) is 0 Å². The third-order valence-electron chi connectivity index (χ3n) is 3.94. The summed E-state index contributed by atoms with van der Waals surface area (Å²) in [6, 6.07) is 13.4. The van der Waals surface area contributed by atoms with Crippen LogP contribution in [-0.2, 0) is 0 Å². The van der Waals surface area contributed by atoms with E-state index >= 15 is 0 Å². The molecule has 1 aliphatic rings. The second-order valence-electron chi connectivity index (χ2n) is 5.29. The van der Waals surface area contributed by atoms with Crippen molar-refractivity contribution in [3.8, 4) is 0 Å². The van der Waals surface area contributed by atoms with Crippen molar-refractivity contribution in [2.24, 2.45) is 0 Å². The van der Waals surface area contributed by atoms with Gasteiger partial charge in [-0.3, -0.25) is 0 Å². The molecule has 0 bridgehead atoms. The maximum absolute atomic E-state index is 5.43. The van der Waals surface area contributed by atoms with E-state index in [1.807, 2.05) is 12.1 Å². The monoisotopic (exact) mass is 319 g/mol. The number of hydrogen-bond acceptors (Lipinski definition) is 2. The average Bonchev–Trinajstić information content (AvgIpc) is 2.88. The molecule has 0 amide bonds. The SMILES string of the molecule is C[C@H](NC1CC(c2ccccc2Br)C1)c1ccco1. The van der Waals surface area contributed by atoms with Crippen LogP contribution in [0.15, 0.2) is 51.6 Å². The van der Waals surface area contributed by atoms with E-state index in [4.69, 9.17) is 4.42 Å². The molecule has 3 heteroatoms. The van der Waals surface area contributed by atoms with E-state index < -0.39 is 0 Å². The maximum atomic E-state index is 5.43. The Morgan fingerprint density at radius 2 is 2.00 bits per heavy atom. The lowest BCUT2D eigenvalue weighted by Crippen LogP contribution is -2.41. The van der Waals surface area contributed by atoms with Gasteiger partial charge in [0.05, 0.1) is 12.3 Å². The lowest BCUT2D eigenvalue weighted by atomic mass is 9.75. The molecule has 19 heavy (non-hydrogen) atoms. The highest BCUT2D eigenvalue weighted by Crippen LogP contribution is 2.40. The van der Waals surface area contributed by atoms with Crippen LogP contribution >= 0.6 is 15.9 Å². The number of hydrogen-bond donors (Lipinski definition) is 1. The Hall–Kier alpha value is -1.06. The van der Waals surface area contributed by atoms with E-state index in [9.17, 15) is 0 Å². The number of benzene rings is 1. The second-order valence-corrected chi connectivity index (χ2v) is 6.14. The molecule has 100 valence electrons. The third kappa shape index (κ3) is 2.77. The zero-order chi connectivity index (χ0) is 13.2. The van der Waals surface area contributed by atoms with Crippen LogP contribution < -0.4 is 5.32 Å². The molecular weight excluding hydrogens is 302 g/mol. The highest BCUT2D eigenvalue weighted by Gasteiger charge is 2.32. The summed E-state index contributed by atoms with van der Waals surface area (Å²) in [5, 5.41) is 3.63. The summed E-state index contributed by atoms with van der Waals surface area (Å²) >= 11 is 3.64. The molecule has 1 aliphatic carbocycles. The number of furan rings is 1. The van der Waals surface area contributed by atoms with Crippen LogP contribution in [0, 0.1) is 0 Å². The quantitative estimate of drug-likeness (QED) is 0.888. The molecule has 1 aromatic carbocycles. The molecule has 1 heterocycles. The zero-order valence-corrected chi connectivity index (χ0v) is 12.6. The molecule has 0 unspecified atom stereocenters. The number of halogens is 1. The highest BCUT2D eigenvalue weighted by atomic mass is 79.9. The molecule has 2 nitrogen and oxygen atoms in total. The lowest BCUT2D eigenvalue weighted by Gasteiger charge is -2.38. The largest absolute Gasteiger partial charge is 0.468 e. The van der Waals surface area contributed by atoms with Gasteiger partial charge in [0.15, 0.2) is 0 Å². The number of rotatable bonds is 4. The van der Waals surface area contributed by atoms with Gasteiger partial charge in [-0.05, 0) is 49.4 Å². The fourth-order valence-electron chi connectivity index (χ4n) is 2.79. The van der Waals surface area contributed by atoms with Crippen molar-refractivity contribution in [2.75, 3.05) is 0 Å². The molecule has 0 radical (unpaired) electrons. The Kier molecular flexibility index (Phi) is 3.76. The Morgan fingerprint density at radius 3 is 2.68 bits per heavy atom. The van der Waals surface area contributed by atoms with Crippen LogP contribution in [0.4, 0.5) is 0 Å². The number of nitrogens with one attached hydrogen (secondary N) is 1. The first kappa shape index (κ1) is 12.9. The van der Waals surface area contributed by atoms with Crippen LogP contribution in [0.5, 0.6) is 0 Å². The highest BCUT2D eigenvalue weighted by molar-refractivity contribution is 9.10. The van der Waals surface area contributed by atoms with Crippen molar-refractivity contribution >= 4 is 15.9 Å². The Balaban J connectivity index is 1.55. The van der Waals surface area contributed by atoms with Gasteiger partial charge in [-0.2, -0.15) is 0 Å². The van der Waals surface area contributed by atoms with Crippen LogP contribution in [0.2, 0.25) is 0 Å². The molecule has 1 saturated carbocycles. The summed E-state index contributed by atoms with van der Waals surface area (Å²) in [4.78, 5) is 0. The predicted octanol–water partition coefficient (Wildman–Crippen LogP) is 4.64. The van der Waals surface area contributed by atoms with Crippen LogP contribution in [0.1, 0.15) is 43.0 Å². The first-order valence-electron chi connectivity index (χ1n) is 6.78. The van der Waals surface area contributed by atoms with Gasteiger partial charge in [0.25, 0.3) is 0 Å². The van der Waals surface area contributed by atoms with Gasteiger partial charge in [0.1, 0.15) is 5.76 Å². The van der Waals surface area contributed by atoms with Crippen molar-refractivity contribution in [1.29, 1.82) is 0 Å². The molecule has 0 aliphatic heterocycles. The molecule has 1 aromatic heterocycles. The summed E-state index contributed by atoms with van der Waals surface area (Å²) in [6.07, 6.45) is 4.14. The molecule has 1 N–H and O–H groups in total. The normalized spacial score (nSPS) is 23.9. The Morgan fingerprint density at radius 1 is 1.21 bits per heavy atom. The van der Waals surface area contributed by atoms with Crippen LogP contribution in [-0.4, -0.2) is 6.04 Å². The molecule has 3 rings (SSSR count). The predicted molar refractivity (Wildman–Crippen MR) is 80.2 cm³/mol. The summed E-state index contributed by atoms with van der Waals surface area (Å²) in [5.41, 5.74) is 1.44.